The van der Waals surface area contributed by atoms with Crippen molar-refractivity contribution < 1.29 is 23.9 Å². The molecule has 12 heteroatoms. The molecule has 0 unspecified atom stereocenters. The van der Waals surface area contributed by atoms with Crippen molar-refractivity contribution >= 4 is 35.2 Å². The maximum atomic E-state index is 13.9. The summed E-state index contributed by atoms with van der Waals surface area (Å²) in [5.41, 5.74) is 6.05. The molecule has 310 valence electrons. The third-order valence-electron chi connectivity index (χ3n) is 11.4. The average Bonchev–Trinajstić information content (AvgIpc) is 3.25. The standard InChI is InChI=1S/C47H57N7O5/c1-47(2,3)59-46(58)54-28-26-52(27-29-54)25-24-51(4)45(57)36-15-10-14-34(30-36)43(55)50-41-19-18-37(53-22-8-5-9-23-53)32-39(41)42-31-35(20-21-48-42)44(56)49-40-17-11-13-33-12-6-7-16-38(33)40/h6-7,10,12,14-16,18-21,30-32,40H,5,8-9,11,13,17,22-29H2,1-4H3,(H,49,56)(H,50,55)/t40-/m0/s1. The Bertz CT molecular complexity index is 2150. The summed E-state index contributed by atoms with van der Waals surface area (Å²) in [6, 6.07) is 24.5. The molecule has 2 saturated heterocycles. The van der Waals surface area contributed by atoms with Crippen LogP contribution in [0.1, 0.15) is 101 Å². The highest BCUT2D eigenvalue weighted by molar-refractivity contribution is 6.08. The molecule has 3 heterocycles. The van der Waals surface area contributed by atoms with Crippen LogP contribution in [0.15, 0.2) is 85.1 Å². The lowest BCUT2D eigenvalue weighted by Crippen LogP contribution is -2.51. The van der Waals surface area contributed by atoms with Gasteiger partial charge < -0.3 is 30.1 Å². The molecular weight excluding hydrogens is 743 g/mol. The molecule has 1 aromatic heterocycles. The number of rotatable bonds is 10. The number of amides is 4. The molecule has 2 aliphatic heterocycles. The first kappa shape index (κ1) is 41.4. The monoisotopic (exact) mass is 799 g/mol. The second kappa shape index (κ2) is 18.4. The largest absolute Gasteiger partial charge is 0.444 e. The van der Waals surface area contributed by atoms with E-state index in [1.54, 1.807) is 59.4 Å². The zero-order chi connectivity index (χ0) is 41.5. The van der Waals surface area contributed by atoms with Gasteiger partial charge in [-0.05, 0) is 119 Å². The molecule has 0 spiro atoms. The summed E-state index contributed by atoms with van der Waals surface area (Å²) < 4.78 is 5.52. The van der Waals surface area contributed by atoms with Gasteiger partial charge in [0.25, 0.3) is 17.7 Å². The molecule has 0 radical (unpaired) electrons. The van der Waals surface area contributed by atoms with Crippen molar-refractivity contribution in [3.8, 4) is 11.3 Å². The number of likely N-dealkylation sites (N-methyl/N-ethyl adjacent to an activating group) is 1. The predicted octanol–water partition coefficient (Wildman–Crippen LogP) is 7.42. The molecule has 3 aliphatic rings. The number of benzene rings is 3. The van der Waals surface area contributed by atoms with Crippen molar-refractivity contribution in [1.29, 1.82) is 0 Å². The van der Waals surface area contributed by atoms with Gasteiger partial charge in [-0.15, -0.1) is 0 Å². The van der Waals surface area contributed by atoms with Crippen molar-refractivity contribution in [3.63, 3.8) is 0 Å². The lowest BCUT2D eigenvalue weighted by Gasteiger charge is -2.36. The highest BCUT2D eigenvalue weighted by Crippen LogP contribution is 2.34. The molecule has 2 N–H and O–H groups in total. The van der Waals surface area contributed by atoms with E-state index >= 15 is 0 Å². The number of pyridine rings is 1. The van der Waals surface area contributed by atoms with Crippen LogP contribution in [0.4, 0.5) is 16.2 Å². The first-order valence-corrected chi connectivity index (χ1v) is 21.0. The number of carbonyl (C=O) groups excluding carboxylic acids is 4. The van der Waals surface area contributed by atoms with Gasteiger partial charge in [0.15, 0.2) is 0 Å². The number of piperidine rings is 1. The van der Waals surface area contributed by atoms with Crippen LogP contribution in [0.25, 0.3) is 11.3 Å². The normalized spacial score (nSPS) is 17.1. The Morgan fingerprint density at radius 3 is 2.32 bits per heavy atom. The lowest BCUT2D eigenvalue weighted by atomic mass is 9.87. The molecule has 0 bridgehead atoms. The molecule has 59 heavy (non-hydrogen) atoms. The molecule has 0 saturated carbocycles. The number of nitrogens with zero attached hydrogens (tertiary/aromatic N) is 5. The molecule has 1 aliphatic carbocycles. The Morgan fingerprint density at radius 1 is 0.797 bits per heavy atom. The van der Waals surface area contributed by atoms with Crippen molar-refractivity contribution in [2.45, 2.75) is 70.9 Å². The zero-order valence-corrected chi connectivity index (χ0v) is 34.8. The third-order valence-corrected chi connectivity index (χ3v) is 11.4. The fourth-order valence-electron chi connectivity index (χ4n) is 8.15. The van der Waals surface area contributed by atoms with Crippen LogP contribution in [0, 0.1) is 0 Å². The molecule has 2 fully saturated rings. The highest BCUT2D eigenvalue weighted by Gasteiger charge is 2.27. The van der Waals surface area contributed by atoms with E-state index in [-0.39, 0.29) is 29.9 Å². The van der Waals surface area contributed by atoms with Crippen LogP contribution in [-0.2, 0) is 11.2 Å². The van der Waals surface area contributed by atoms with Gasteiger partial charge in [0, 0.05) is 93.5 Å². The topological polar surface area (TPSA) is 127 Å². The quantitative estimate of drug-likeness (QED) is 0.170. The molecular formula is C47H57N7O5. The van der Waals surface area contributed by atoms with Gasteiger partial charge in [-0.2, -0.15) is 0 Å². The maximum absolute atomic E-state index is 13.9. The van der Waals surface area contributed by atoms with Crippen molar-refractivity contribution in [3.05, 3.63) is 113 Å². The van der Waals surface area contributed by atoms with Gasteiger partial charge in [0.05, 0.1) is 17.4 Å². The summed E-state index contributed by atoms with van der Waals surface area (Å²) in [4.78, 5) is 66.4. The minimum atomic E-state index is -0.538. The Kier molecular flexibility index (Phi) is 12.9. The number of piperazine rings is 1. The van der Waals surface area contributed by atoms with Crippen LogP contribution in [0.2, 0.25) is 0 Å². The van der Waals surface area contributed by atoms with E-state index in [4.69, 9.17) is 9.72 Å². The number of nitrogens with one attached hydrogen (secondary N) is 2. The number of hydrogen-bond donors (Lipinski definition) is 2. The molecule has 12 nitrogen and oxygen atoms in total. The summed E-state index contributed by atoms with van der Waals surface area (Å²) >= 11 is 0. The second-order valence-corrected chi connectivity index (χ2v) is 16.9. The Hall–Kier alpha value is -5.75. The first-order chi connectivity index (χ1) is 28.4. The minimum Gasteiger partial charge on any atom is -0.444 e. The smallest absolute Gasteiger partial charge is 0.410 e. The molecule has 4 amide bonds. The summed E-state index contributed by atoms with van der Waals surface area (Å²) in [7, 11) is 1.76. The van der Waals surface area contributed by atoms with Crippen LogP contribution in [0.5, 0.6) is 0 Å². The van der Waals surface area contributed by atoms with Gasteiger partial charge in [-0.1, -0.05) is 30.3 Å². The first-order valence-electron chi connectivity index (χ1n) is 21.0. The predicted molar refractivity (Wildman–Crippen MR) is 231 cm³/mol. The maximum Gasteiger partial charge on any atom is 0.410 e. The SMILES string of the molecule is CN(CCN1CCN(C(=O)OC(C)(C)C)CC1)C(=O)c1cccc(C(=O)Nc2ccc(N3CCCCC3)cc2-c2cc(C(=O)N[C@H]3CCCc4ccccc43)ccn2)c1. The van der Waals surface area contributed by atoms with Crippen molar-refractivity contribution in [2.24, 2.45) is 0 Å². The number of anilines is 2. The highest BCUT2D eigenvalue weighted by atomic mass is 16.6. The fourth-order valence-corrected chi connectivity index (χ4v) is 8.15. The Balaban J connectivity index is 1.03. The second-order valence-electron chi connectivity index (χ2n) is 16.9. The van der Waals surface area contributed by atoms with Crippen LogP contribution >= 0.6 is 0 Å². The van der Waals surface area contributed by atoms with E-state index in [1.807, 2.05) is 45.0 Å². The van der Waals surface area contributed by atoms with Gasteiger partial charge in [-0.3, -0.25) is 24.3 Å². The van der Waals surface area contributed by atoms with E-state index in [2.05, 4.69) is 38.6 Å². The van der Waals surface area contributed by atoms with Gasteiger partial charge in [0.2, 0.25) is 0 Å². The molecule has 4 aromatic rings. The van der Waals surface area contributed by atoms with E-state index in [0.717, 1.165) is 50.9 Å². The molecule has 3 aromatic carbocycles. The average molecular weight is 800 g/mol. The van der Waals surface area contributed by atoms with E-state index < -0.39 is 5.60 Å². The number of fused-ring (bicyclic) bond motifs is 1. The number of aryl methyl sites for hydroxylation is 1. The Labute approximate surface area is 347 Å². The summed E-state index contributed by atoms with van der Waals surface area (Å²) in [6.07, 6.45) is 7.69. The van der Waals surface area contributed by atoms with E-state index in [9.17, 15) is 19.2 Å². The molecule has 1 atom stereocenters. The van der Waals surface area contributed by atoms with Gasteiger partial charge in [-0.25, -0.2) is 4.79 Å². The van der Waals surface area contributed by atoms with Crippen LogP contribution in [-0.4, -0.2) is 109 Å². The number of ether oxygens (including phenoxy) is 1. The third kappa shape index (κ3) is 10.5. The lowest BCUT2D eigenvalue weighted by molar-refractivity contribution is 0.0141. The van der Waals surface area contributed by atoms with E-state index in [1.165, 1.54) is 17.5 Å². The zero-order valence-electron chi connectivity index (χ0n) is 34.8. The van der Waals surface area contributed by atoms with Crippen molar-refractivity contribution in [2.75, 3.05) is 69.6 Å². The minimum absolute atomic E-state index is 0.0582. The van der Waals surface area contributed by atoms with Crippen molar-refractivity contribution in [1.82, 2.24) is 25.0 Å². The molecule has 7 rings (SSSR count). The Morgan fingerprint density at radius 2 is 1.54 bits per heavy atom. The summed E-state index contributed by atoms with van der Waals surface area (Å²) in [6.45, 7) is 11.2. The number of carbonyl (C=O) groups is 4. The summed E-state index contributed by atoms with van der Waals surface area (Å²) in [5.74, 6) is -0.711. The van der Waals surface area contributed by atoms with Gasteiger partial charge >= 0.3 is 6.09 Å². The summed E-state index contributed by atoms with van der Waals surface area (Å²) in [5, 5.41) is 6.37. The van der Waals surface area contributed by atoms with Crippen LogP contribution < -0.4 is 15.5 Å². The fraction of sp³-hybridized carbons (Fsp3) is 0.426. The van der Waals surface area contributed by atoms with Crippen LogP contribution in [0.3, 0.4) is 0 Å². The van der Waals surface area contributed by atoms with E-state index in [0.29, 0.717) is 72.9 Å². The van der Waals surface area contributed by atoms with Gasteiger partial charge in [0.1, 0.15) is 5.60 Å². The number of hydrogen-bond acceptors (Lipinski definition) is 8. The number of aromatic nitrogens is 1.